The summed E-state index contributed by atoms with van der Waals surface area (Å²) in [5, 5.41) is 6.21. The van der Waals surface area contributed by atoms with E-state index in [0.29, 0.717) is 23.4 Å². The third kappa shape index (κ3) is 3.07. The van der Waals surface area contributed by atoms with Gasteiger partial charge in [0, 0.05) is 23.4 Å². The molecule has 3 aromatic rings. The highest BCUT2D eigenvalue weighted by Crippen LogP contribution is 2.25. The van der Waals surface area contributed by atoms with Crippen molar-refractivity contribution in [2.45, 2.75) is 0 Å². The Morgan fingerprint density at radius 3 is 2.35 bits per heavy atom. The van der Waals surface area contributed by atoms with E-state index in [9.17, 15) is 18.0 Å². The average molecular weight is 335 g/mol. The van der Waals surface area contributed by atoms with Crippen molar-refractivity contribution in [1.82, 2.24) is 9.59 Å². The molecule has 3 rings (SSSR count). The molecular formula is C15H8F3N3OS. The van der Waals surface area contributed by atoms with Crippen LogP contribution < -0.4 is 5.32 Å². The molecule has 0 radical (unpaired) electrons. The number of nitrogens with zero attached hydrogens (tertiary/aromatic N) is 2. The van der Waals surface area contributed by atoms with Crippen LogP contribution in [-0.4, -0.2) is 15.5 Å². The van der Waals surface area contributed by atoms with Crippen LogP contribution in [0.2, 0.25) is 0 Å². The maximum Gasteiger partial charge on any atom is 0.269 e. The van der Waals surface area contributed by atoms with Gasteiger partial charge in [0.25, 0.3) is 5.91 Å². The molecule has 0 aliphatic carbocycles. The number of amides is 1. The van der Waals surface area contributed by atoms with Crippen LogP contribution in [0.25, 0.3) is 11.3 Å². The van der Waals surface area contributed by atoms with Gasteiger partial charge in [-0.25, -0.2) is 13.2 Å². The van der Waals surface area contributed by atoms with Crippen molar-refractivity contribution in [3.05, 3.63) is 64.8 Å². The lowest BCUT2D eigenvalue weighted by Crippen LogP contribution is -2.12. The Bertz CT molecular complexity index is 844. The van der Waals surface area contributed by atoms with E-state index >= 15 is 0 Å². The Labute approximate surface area is 132 Å². The molecule has 8 heteroatoms. The van der Waals surface area contributed by atoms with Crippen LogP contribution >= 0.6 is 11.5 Å². The smallest absolute Gasteiger partial charge is 0.269 e. The molecule has 1 heterocycles. The van der Waals surface area contributed by atoms with E-state index in [1.165, 1.54) is 0 Å². The topological polar surface area (TPSA) is 54.9 Å². The Morgan fingerprint density at radius 1 is 1.04 bits per heavy atom. The molecule has 1 amide bonds. The zero-order valence-corrected chi connectivity index (χ0v) is 12.2. The molecule has 0 atom stereocenters. The molecule has 0 bridgehead atoms. The lowest BCUT2D eigenvalue weighted by Gasteiger charge is -2.06. The molecule has 2 aromatic carbocycles. The van der Waals surface area contributed by atoms with E-state index < -0.39 is 23.4 Å². The number of hydrogen-bond donors (Lipinski definition) is 1. The maximum absolute atomic E-state index is 13.2. The second-order valence-corrected chi connectivity index (χ2v) is 5.28. The van der Waals surface area contributed by atoms with E-state index in [2.05, 4.69) is 14.9 Å². The number of hydrogen-bond acceptors (Lipinski definition) is 4. The summed E-state index contributed by atoms with van der Waals surface area (Å²) >= 11 is 0.849. The highest BCUT2D eigenvalue weighted by molar-refractivity contribution is 7.08. The minimum absolute atomic E-state index is 0.182. The Morgan fingerprint density at radius 2 is 1.70 bits per heavy atom. The summed E-state index contributed by atoms with van der Waals surface area (Å²) in [5.74, 6) is -4.99. The van der Waals surface area contributed by atoms with E-state index in [1.54, 1.807) is 24.3 Å². The number of rotatable bonds is 3. The first-order chi connectivity index (χ1) is 11.1. The van der Waals surface area contributed by atoms with Gasteiger partial charge in [0.1, 0.15) is 10.6 Å². The van der Waals surface area contributed by atoms with Crippen molar-refractivity contribution >= 4 is 23.1 Å². The predicted molar refractivity (Wildman–Crippen MR) is 79.6 cm³/mol. The molecule has 0 aliphatic rings. The average Bonchev–Trinajstić information content (AvgIpc) is 3.03. The number of nitrogens with one attached hydrogen (secondary N) is 1. The fraction of sp³-hybridized carbons (Fsp3) is 0. The highest BCUT2D eigenvalue weighted by Gasteiger charge is 2.19. The first-order valence-corrected chi connectivity index (χ1v) is 7.17. The quantitative estimate of drug-likeness (QED) is 0.739. The second kappa shape index (κ2) is 6.17. The van der Waals surface area contributed by atoms with Crippen LogP contribution in [0.4, 0.5) is 18.9 Å². The summed E-state index contributed by atoms with van der Waals surface area (Å²) < 4.78 is 43.0. The zero-order chi connectivity index (χ0) is 16.4. The predicted octanol–water partition coefficient (Wildman–Crippen LogP) is 3.87. The Balaban J connectivity index is 1.90. The first-order valence-electron chi connectivity index (χ1n) is 6.40. The van der Waals surface area contributed by atoms with Gasteiger partial charge in [-0.05, 0) is 11.5 Å². The lowest BCUT2D eigenvalue weighted by molar-refractivity contribution is 0.103. The molecule has 0 fully saturated rings. The monoisotopic (exact) mass is 335 g/mol. The summed E-state index contributed by atoms with van der Waals surface area (Å²) in [7, 11) is 0. The lowest BCUT2D eigenvalue weighted by atomic mass is 10.1. The second-order valence-electron chi connectivity index (χ2n) is 4.52. The van der Waals surface area contributed by atoms with Gasteiger partial charge in [0.2, 0.25) is 0 Å². The molecule has 0 saturated carbocycles. The van der Waals surface area contributed by atoms with E-state index in [-0.39, 0.29) is 10.6 Å². The SMILES string of the molecule is O=C(Nc1cc(F)c(F)c(F)c1)c1snnc1-c1ccccc1. The van der Waals surface area contributed by atoms with Crippen molar-refractivity contribution < 1.29 is 18.0 Å². The van der Waals surface area contributed by atoms with Gasteiger partial charge in [-0.2, -0.15) is 0 Å². The standard InChI is InChI=1S/C15H8F3N3OS/c16-10-6-9(7-11(17)12(10)18)19-15(22)14-13(20-21-23-14)8-4-2-1-3-5-8/h1-7H,(H,19,22). The van der Waals surface area contributed by atoms with Gasteiger partial charge < -0.3 is 5.32 Å². The maximum atomic E-state index is 13.2. The van der Waals surface area contributed by atoms with E-state index in [1.807, 2.05) is 6.07 Å². The zero-order valence-electron chi connectivity index (χ0n) is 11.4. The minimum Gasteiger partial charge on any atom is -0.321 e. The summed E-state index contributed by atoms with van der Waals surface area (Å²) in [6.07, 6.45) is 0. The molecular weight excluding hydrogens is 327 g/mol. The van der Waals surface area contributed by atoms with Crippen LogP contribution in [0.3, 0.4) is 0 Å². The van der Waals surface area contributed by atoms with E-state index in [4.69, 9.17) is 0 Å². The molecule has 116 valence electrons. The molecule has 0 spiro atoms. The molecule has 1 aromatic heterocycles. The molecule has 1 N–H and O–H groups in total. The number of aromatic nitrogens is 2. The van der Waals surface area contributed by atoms with Crippen molar-refractivity contribution in [2.75, 3.05) is 5.32 Å². The van der Waals surface area contributed by atoms with Gasteiger partial charge in [-0.1, -0.05) is 34.8 Å². The summed E-state index contributed by atoms with van der Waals surface area (Å²) in [6.45, 7) is 0. The summed E-state index contributed by atoms with van der Waals surface area (Å²) in [6, 6.07) is 10.3. The van der Waals surface area contributed by atoms with E-state index in [0.717, 1.165) is 11.5 Å². The van der Waals surface area contributed by atoms with Crippen molar-refractivity contribution in [3.8, 4) is 11.3 Å². The van der Waals surface area contributed by atoms with Gasteiger partial charge in [0.15, 0.2) is 17.5 Å². The van der Waals surface area contributed by atoms with Crippen molar-refractivity contribution in [1.29, 1.82) is 0 Å². The van der Waals surface area contributed by atoms with Crippen LogP contribution in [0, 0.1) is 17.5 Å². The van der Waals surface area contributed by atoms with Gasteiger partial charge in [0.05, 0.1) is 0 Å². The summed E-state index contributed by atoms with van der Waals surface area (Å²) in [4.78, 5) is 12.4. The molecule has 0 aliphatic heterocycles. The van der Waals surface area contributed by atoms with Crippen LogP contribution in [-0.2, 0) is 0 Å². The number of halogens is 3. The molecule has 0 unspecified atom stereocenters. The third-order valence-corrected chi connectivity index (χ3v) is 3.71. The van der Waals surface area contributed by atoms with Gasteiger partial charge >= 0.3 is 0 Å². The van der Waals surface area contributed by atoms with Gasteiger partial charge in [-0.3, -0.25) is 4.79 Å². The fourth-order valence-electron chi connectivity index (χ4n) is 1.94. The largest absolute Gasteiger partial charge is 0.321 e. The number of anilines is 1. The summed E-state index contributed by atoms with van der Waals surface area (Å²) in [5.41, 5.74) is 0.845. The van der Waals surface area contributed by atoms with Crippen molar-refractivity contribution in [2.24, 2.45) is 0 Å². The normalized spacial score (nSPS) is 10.6. The van der Waals surface area contributed by atoms with Crippen LogP contribution in [0.15, 0.2) is 42.5 Å². The Kier molecular flexibility index (Phi) is 4.07. The van der Waals surface area contributed by atoms with Crippen molar-refractivity contribution in [3.63, 3.8) is 0 Å². The minimum atomic E-state index is -1.59. The molecule has 4 nitrogen and oxygen atoms in total. The van der Waals surface area contributed by atoms with Gasteiger partial charge in [-0.15, -0.1) is 5.10 Å². The van der Waals surface area contributed by atoms with Crippen LogP contribution in [0.1, 0.15) is 9.67 Å². The molecule has 0 saturated heterocycles. The Hall–Kier alpha value is -2.74. The number of carbonyl (C=O) groups excluding carboxylic acids is 1. The molecule has 23 heavy (non-hydrogen) atoms. The highest BCUT2D eigenvalue weighted by atomic mass is 32.1. The third-order valence-electron chi connectivity index (χ3n) is 2.98. The first kappa shape index (κ1) is 15.2. The van der Waals surface area contributed by atoms with Crippen LogP contribution in [0.5, 0.6) is 0 Å². The number of benzene rings is 2. The number of carbonyl (C=O) groups is 1. The fourth-order valence-corrected chi connectivity index (χ4v) is 2.52.